The van der Waals surface area contributed by atoms with Crippen LogP contribution in [0.3, 0.4) is 0 Å². The minimum Gasteiger partial charge on any atom is -0.376 e. The number of nitrogens with zero attached hydrogens (tertiary/aromatic N) is 1. The second kappa shape index (κ2) is 4.19. The monoisotopic (exact) mass is 220 g/mol. The molecule has 0 bridgehead atoms. The lowest BCUT2D eigenvalue weighted by atomic mass is 10.1. The van der Waals surface area contributed by atoms with Gasteiger partial charge in [0.15, 0.2) is 5.11 Å². The van der Waals surface area contributed by atoms with Gasteiger partial charge in [-0.25, -0.2) is 0 Å². The Hall–Kier alpha value is -1.09. The Balaban J connectivity index is 2.28. The van der Waals surface area contributed by atoms with Crippen molar-refractivity contribution < 1.29 is 0 Å². The molecule has 0 unspecified atom stereocenters. The van der Waals surface area contributed by atoms with Crippen molar-refractivity contribution in [2.75, 3.05) is 4.90 Å². The number of thiocarbonyl (C=S) groups is 1. The first-order valence-electron chi connectivity index (χ1n) is 5.40. The molecule has 2 rings (SSSR count). The van der Waals surface area contributed by atoms with E-state index in [1.54, 1.807) is 0 Å². The van der Waals surface area contributed by atoms with Gasteiger partial charge in [0, 0.05) is 11.7 Å². The van der Waals surface area contributed by atoms with E-state index in [2.05, 4.69) is 36.1 Å². The van der Waals surface area contributed by atoms with Crippen LogP contribution in [0.25, 0.3) is 0 Å². The van der Waals surface area contributed by atoms with Crippen LogP contribution >= 0.6 is 12.2 Å². The zero-order chi connectivity index (χ0) is 10.8. The molecule has 1 aliphatic carbocycles. The summed E-state index contributed by atoms with van der Waals surface area (Å²) >= 11 is 5.10. The average Bonchev–Trinajstić information content (AvgIpc) is 3.02. The van der Waals surface area contributed by atoms with Crippen LogP contribution in [0.4, 0.5) is 5.69 Å². The first kappa shape index (κ1) is 10.4. The number of hydrogen-bond acceptors (Lipinski definition) is 1. The Morgan fingerprint density at radius 1 is 1.53 bits per heavy atom. The van der Waals surface area contributed by atoms with Crippen LogP contribution in [-0.4, -0.2) is 11.2 Å². The van der Waals surface area contributed by atoms with Gasteiger partial charge in [0.2, 0.25) is 0 Å². The van der Waals surface area contributed by atoms with Gasteiger partial charge in [-0.15, -0.1) is 0 Å². The first-order valence-corrected chi connectivity index (χ1v) is 5.80. The number of nitrogens with two attached hydrogens (primary N) is 1. The van der Waals surface area contributed by atoms with E-state index in [1.807, 2.05) is 0 Å². The van der Waals surface area contributed by atoms with Gasteiger partial charge in [-0.3, -0.25) is 0 Å². The number of aryl methyl sites for hydroxylation is 1. The Labute approximate surface area is 96.1 Å². The lowest BCUT2D eigenvalue weighted by Crippen LogP contribution is -2.37. The quantitative estimate of drug-likeness (QED) is 0.793. The molecule has 0 saturated heterocycles. The van der Waals surface area contributed by atoms with Crippen LogP contribution < -0.4 is 10.6 Å². The molecule has 0 aromatic heterocycles. The van der Waals surface area contributed by atoms with E-state index in [-0.39, 0.29) is 0 Å². The van der Waals surface area contributed by atoms with Crippen molar-refractivity contribution in [3.05, 3.63) is 29.8 Å². The van der Waals surface area contributed by atoms with Gasteiger partial charge in [-0.1, -0.05) is 19.1 Å². The third-order valence-electron chi connectivity index (χ3n) is 2.75. The summed E-state index contributed by atoms with van der Waals surface area (Å²) in [6, 6.07) is 9.00. The minimum absolute atomic E-state index is 0.491. The topological polar surface area (TPSA) is 29.3 Å². The summed E-state index contributed by atoms with van der Waals surface area (Å²) < 4.78 is 0. The van der Waals surface area contributed by atoms with Gasteiger partial charge in [0.1, 0.15) is 0 Å². The molecule has 0 radical (unpaired) electrons. The Morgan fingerprint density at radius 3 is 2.80 bits per heavy atom. The van der Waals surface area contributed by atoms with E-state index < -0.39 is 0 Å². The van der Waals surface area contributed by atoms with Crippen LogP contribution in [0.1, 0.15) is 25.3 Å². The van der Waals surface area contributed by atoms with Crippen molar-refractivity contribution >= 4 is 23.0 Å². The van der Waals surface area contributed by atoms with E-state index in [1.165, 1.54) is 18.4 Å². The minimum atomic E-state index is 0.491. The molecular weight excluding hydrogens is 204 g/mol. The largest absolute Gasteiger partial charge is 0.376 e. The highest BCUT2D eigenvalue weighted by atomic mass is 32.1. The van der Waals surface area contributed by atoms with Crippen LogP contribution in [-0.2, 0) is 6.42 Å². The first-order chi connectivity index (χ1) is 7.22. The molecule has 80 valence electrons. The fourth-order valence-corrected chi connectivity index (χ4v) is 2.03. The number of benzene rings is 1. The summed E-state index contributed by atoms with van der Waals surface area (Å²) in [6.07, 6.45) is 3.45. The summed E-state index contributed by atoms with van der Waals surface area (Å²) in [5, 5.41) is 0.491. The zero-order valence-electron chi connectivity index (χ0n) is 8.94. The van der Waals surface area contributed by atoms with Gasteiger partial charge in [-0.05, 0) is 49.2 Å². The molecule has 0 amide bonds. The predicted octanol–water partition coefficient (Wildman–Crippen LogP) is 2.46. The van der Waals surface area contributed by atoms with Crippen molar-refractivity contribution in [2.24, 2.45) is 5.73 Å². The second-order valence-corrected chi connectivity index (χ2v) is 4.38. The van der Waals surface area contributed by atoms with Crippen LogP contribution in [0, 0.1) is 0 Å². The Kier molecular flexibility index (Phi) is 2.91. The number of rotatable bonds is 3. The SMILES string of the molecule is CCc1cccc(N(C(N)=S)C2CC2)c1. The average molecular weight is 220 g/mol. The highest BCUT2D eigenvalue weighted by Crippen LogP contribution is 2.31. The molecule has 3 heteroatoms. The van der Waals surface area contributed by atoms with Crippen molar-refractivity contribution in [1.82, 2.24) is 0 Å². The molecule has 1 aromatic carbocycles. The highest BCUT2D eigenvalue weighted by molar-refractivity contribution is 7.80. The van der Waals surface area contributed by atoms with Crippen molar-refractivity contribution in [3.8, 4) is 0 Å². The van der Waals surface area contributed by atoms with E-state index in [0.717, 1.165) is 12.1 Å². The van der Waals surface area contributed by atoms with Crippen LogP contribution in [0.2, 0.25) is 0 Å². The molecule has 1 aliphatic rings. The fraction of sp³-hybridized carbons (Fsp3) is 0.417. The zero-order valence-corrected chi connectivity index (χ0v) is 9.76. The number of hydrogen-bond donors (Lipinski definition) is 1. The maximum Gasteiger partial charge on any atom is 0.171 e. The molecule has 1 aromatic rings. The fourth-order valence-electron chi connectivity index (χ4n) is 1.78. The van der Waals surface area contributed by atoms with Gasteiger partial charge in [0.25, 0.3) is 0 Å². The smallest absolute Gasteiger partial charge is 0.171 e. The summed E-state index contributed by atoms with van der Waals surface area (Å²) in [5.41, 5.74) is 8.23. The Bertz CT molecular complexity index is 372. The maximum atomic E-state index is 5.76. The summed E-state index contributed by atoms with van der Waals surface area (Å²) in [7, 11) is 0. The standard InChI is InChI=1S/C12H16N2S/c1-2-9-4-3-5-11(8-9)14(12(13)15)10-6-7-10/h3-5,8,10H,2,6-7H2,1H3,(H2,13,15). The van der Waals surface area contributed by atoms with Crippen LogP contribution in [0.5, 0.6) is 0 Å². The highest BCUT2D eigenvalue weighted by Gasteiger charge is 2.30. The molecule has 0 heterocycles. The Morgan fingerprint density at radius 2 is 2.27 bits per heavy atom. The second-order valence-electron chi connectivity index (χ2n) is 3.96. The molecule has 1 fully saturated rings. The summed E-state index contributed by atoms with van der Waals surface area (Å²) in [6.45, 7) is 2.15. The van der Waals surface area contributed by atoms with E-state index >= 15 is 0 Å². The third kappa shape index (κ3) is 2.29. The normalized spacial score (nSPS) is 15.0. The van der Waals surface area contributed by atoms with Gasteiger partial charge >= 0.3 is 0 Å². The summed E-state index contributed by atoms with van der Waals surface area (Å²) in [5.74, 6) is 0. The lowest BCUT2D eigenvalue weighted by molar-refractivity contribution is 0.998. The molecule has 0 aliphatic heterocycles. The predicted molar refractivity (Wildman–Crippen MR) is 68.1 cm³/mol. The van der Waals surface area contributed by atoms with Crippen molar-refractivity contribution in [3.63, 3.8) is 0 Å². The van der Waals surface area contributed by atoms with Crippen molar-refractivity contribution in [2.45, 2.75) is 32.2 Å². The molecule has 15 heavy (non-hydrogen) atoms. The molecule has 2 nitrogen and oxygen atoms in total. The molecule has 0 spiro atoms. The maximum absolute atomic E-state index is 5.76. The molecule has 0 atom stereocenters. The van der Waals surface area contributed by atoms with E-state index in [4.69, 9.17) is 18.0 Å². The van der Waals surface area contributed by atoms with E-state index in [0.29, 0.717) is 11.2 Å². The molecule has 1 saturated carbocycles. The van der Waals surface area contributed by atoms with Gasteiger partial charge < -0.3 is 10.6 Å². The van der Waals surface area contributed by atoms with E-state index in [9.17, 15) is 0 Å². The number of anilines is 1. The molecule has 2 N–H and O–H groups in total. The lowest BCUT2D eigenvalue weighted by Gasteiger charge is -2.23. The van der Waals surface area contributed by atoms with Crippen molar-refractivity contribution in [1.29, 1.82) is 0 Å². The van der Waals surface area contributed by atoms with Gasteiger partial charge in [-0.2, -0.15) is 0 Å². The van der Waals surface area contributed by atoms with Crippen LogP contribution in [0.15, 0.2) is 24.3 Å². The van der Waals surface area contributed by atoms with Gasteiger partial charge in [0.05, 0.1) is 0 Å². The molecular formula is C12H16N2S. The third-order valence-corrected chi connectivity index (χ3v) is 2.94. The summed E-state index contributed by atoms with van der Waals surface area (Å²) in [4.78, 5) is 2.08.